The fraction of sp³-hybridized carbons (Fsp3) is 0.917. The van der Waals surface area contributed by atoms with E-state index in [0.717, 1.165) is 43.6 Å². The molecule has 5 heteroatoms. The summed E-state index contributed by atoms with van der Waals surface area (Å²) in [6, 6.07) is 0. The average molecular weight is 260 g/mol. The van der Waals surface area contributed by atoms with E-state index >= 15 is 0 Å². The maximum absolute atomic E-state index is 11.6. The summed E-state index contributed by atoms with van der Waals surface area (Å²) >= 11 is 1.85. The second-order valence-corrected chi connectivity index (χ2v) is 5.88. The Bertz CT molecular complexity index is 251. The van der Waals surface area contributed by atoms with Gasteiger partial charge in [-0.3, -0.25) is 4.79 Å². The van der Waals surface area contributed by atoms with E-state index in [1.807, 2.05) is 18.8 Å². The van der Waals surface area contributed by atoms with Gasteiger partial charge < -0.3 is 16.2 Å². The first-order valence-corrected chi connectivity index (χ1v) is 7.50. The van der Waals surface area contributed by atoms with Gasteiger partial charge in [-0.15, -0.1) is 0 Å². The largest absolute Gasteiger partial charge is 0.396 e. The average Bonchev–Trinajstić information content (AvgIpc) is 2.73. The Hall–Kier alpha value is -0.260. The van der Waals surface area contributed by atoms with Crippen molar-refractivity contribution < 1.29 is 9.90 Å². The minimum atomic E-state index is -0.475. The van der Waals surface area contributed by atoms with E-state index in [9.17, 15) is 4.79 Å². The van der Waals surface area contributed by atoms with Gasteiger partial charge in [0.15, 0.2) is 0 Å². The van der Waals surface area contributed by atoms with Crippen LogP contribution in [0, 0.1) is 5.92 Å². The van der Waals surface area contributed by atoms with Crippen LogP contribution >= 0.6 is 11.8 Å². The molecule has 0 aliphatic heterocycles. The molecule has 1 rings (SSSR count). The van der Waals surface area contributed by atoms with Crippen molar-refractivity contribution >= 4 is 17.7 Å². The summed E-state index contributed by atoms with van der Waals surface area (Å²) in [6.45, 7) is 0.262. The maximum Gasteiger partial charge on any atom is 0.238 e. The second kappa shape index (κ2) is 7.24. The fourth-order valence-electron chi connectivity index (χ4n) is 2.74. The molecule has 0 saturated heterocycles. The van der Waals surface area contributed by atoms with E-state index in [2.05, 4.69) is 5.32 Å². The molecule has 2 atom stereocenters. The zero-order chi connectivity index (χ0) is 12.7. The molecule has 4 nitrogen and oxygen atoms in total. The predicted molar refractivity (Wildman–Crippen MR) is 72.0 cm³/mol. The summed E-state index contributed by atoms with van der Waals surface area (Å²) in [4.78, 5) is 11.6. The van der Waals surface area contributed by atoms with Crippen LogP contribution in [0.25, 0.3) is 0 Å². The lowest BCUT2D eigenvalue weighted by Gasteiger charge is -2.32. The van der Waals surface area contributed by atoms with Crippen LogP contribution in [0.4, 0.5) is 0 Å². The Morgan fingerprint density at radius 2 is 2.35 bits per heavy atom. The van der Waals surface area contributed by atoms with Gasteiger partial charge in [-0.2, -0.15) is 11.8 Å². The number of aliphatic hydroxyl groups excluding tert-OH is 1. The molecule has 0 aromatic rings. The summed E-state index contributed by atoms with van der Waals surface area (Å²) < 4.78 is 0. The van der Waals surface area contributed by atoms with E-state index in [-0.39, 0.29) is 12.5 Å². The zero-order valence-corrected chi connectivity index (χ0v) is 11.4. The third kappa shape index (κ3) is 3.60. The number of nitrogens with two attached hydrogens (primary N) is 1. The molecule has 2 unspecified atom stereocenters. The Kier molecular flexibility index (Phi) is 6.30. The molecule has 100 valence electrons. The Balaban J connectivity index is 2.38. The molecular formula is C12H24N2O2S. The van der Waals surface area contributed by atoms with Crippen molar-refractivity contribution in [1.82, 2.24) is 5.32 Å². The van der Waals surface area contributed by atoms with Gasteiger partial charge in [-0.1, -0.05) is 6.42 Å². The van der Waals surface area contributed by atoms with Crippen molar-refractivity contribution in [3.8, 4) is 0 Å². The van der Waals surface area contributed by atoms with Crippen molar-refractivity contribution in [2.75, 3.05) is 25.2 Å². The first kappa shape index (κ1) is 14.8. The molecule has 0 bridgehead atoms. The van der Waals surface area contributed by atoms with Crippen molar-refractivity contribution in [3.05, 3.63) is 0 Å². The Labute approximate surface area is 108 Å². The summed E-state index contributed by atoms with van der Waals surface area (Å²) in [7, 11) is 1.84. The highest BCUT2D eigenvalue weighted by molar-refractivity contribution is 7.99. The molecule has 0 spiro atoms. The number of thioether (sulfide) groups is 1. The number of nitrogens with one attached hydrogen (secondary N) is 1. The summed E-state index contributed by atoms with van der Waals surface area (Å²) in [5.74, 6) is 2.20. The first-order valence-electron chi connectivity index (χ1n) is 6.35. The van der Waals surface area contributed by atoms with Crippen molar-refractivity contribution in [2.24, 2.45) is 11.7 Å². The smallest absolute Gasteiger partial charge is 0.238 e. The van der Waals surface area contributed by atoms with Crippen LogP contribution in [-0.4, -0.2) is 41.7 Å². The third-order valence-electron chi connectivity index (χ3n) is 3.76. The standard InChI is InChI=1S/C12H24N2O2S/c1-14-12(11(13)16)6-2-4-10(12)5-9-17-8-3-7-15/h10,14-15H,2-9H2,1H3,(H2,13,16). The summed E-state index contributed by atoms with van der Waals surface area (Å²) in [5.41, 5.74) is 5.07. The minimum Gasteiger partial charge on any atom is -0.396 e. The molecule has 1 amide bonds. The number of hydrogen-bond donors (Lipinski definition) is 3. The zero-order valence-electron chi connectivity index (χ0n) is 10.6. The first-order chi connectivity index (χ1) is 8.17. The van der Waals surface area contributed by atoms with E-state index in [1.54, 1.807) is 0 Å². The lowest BCUT2D eigenvalue weighted by atomic mass is 9.84. The number of rotatable bonds is 8. The highest BCUT2D eigenvalue weighted by Crippen LogP contribution is 2.38. The Morgan fingerprint density at radius 1 is 1.59 bits per heavy atom. The second-order valence-electron chi connectivity index (χ2n) is 4.65. The topological polar surface area (TPSA) is 75.3 Å². The van der Waals surface area contributed by atoms with E-state index < -0.39 is 5.54 Å². The van der Waals surface area contributed by atoms with Gasteiger partial charge in [0.1, 0.15) is 5.54 Å². The quantitative estimate of drug-likeness (QED) is 0.563. The molecule has 1 aliphatic carbocycles. The number of carbonyl (C=O) groups is 1. The molecule has 0 aromatic heterocycles. The van der Waals surface area contributed by atoms with E-state index in [4.69, 9.17) is 10.8 Å². The van der Waals surface area contributed by atoms with Crippen molar-refractivity contribution in [2.45, 2.75) is 37.6 Å². The van der Waals surface area contributed by atoms with Crippen LogP contribution in [0.3, 0.4) is 0 Å². The van der Waals surface area contributed by atoms with Gasteiger partial charge in [0.25, 0.3) is 0 Å². The van der Waals surface area contributed by atoms with Gasteiger partial charge >= 0.3 is 0 Å². The summed E-state index contributed by atoms with van der Waals surface area (Å²) in [5, 5.41) is 11.8. The number of carbonyl (C=O) groups excluding carboxylic acids is 1. The highest BCUT2D eigenvalue weighted by atomic mass is 32.2. The van der Waals surface area contributed by atoms with E-state index in [1.165, 1.54) is 0 Å². The van der Waals surface area contributed by atoms with Crippen LogP contribution in [0.5, 0.6) is 0 Å². The van der Waals surface area contributed by atoms with Crippen LogP contribution in [0.2, 0.25) is 0 Å². The maximum atomic E-state index is 11.6. The van der Waals surface area contributed by atoms with Crippen molar-refractivity contribution in [3.63, 3.8) is 0 Å². The molecule has 1 saturated carbocycles. The molecule has 17 heavy (non-hydrogen) atoms. The van der Waals surface area contributed by atoms with Crippen LogP contribution < -0.4 is 11.1 Å². The third-order valence-corrected chi connectivity index (χ3v) is 4.87. The van der Waals surface area contributed by atoms with Crippen LogP contribution in [-0.2, 0) is 4.79 Å². The summed E-state index contributed by atoms with van der Waals surface area (Å²) in [6.07, 6.45) is 4.91. The lowest BCUT2D eigenvalue weighted by molar-refractivity contribution is -0.125. The van der Waals surface area contributed by atoms with Crippen LogP contribution in [0.15, 0.2) is 0 Å². The number of aliphatic hydroxyl groups is 1. The highest BCUT2D eigenvalue weighted by Gasteiger charge is 2.45. The number of amides is 1. The molecule has 1 aliphatic rings. The predicted octanol–water partition coefficient (Wildman–Crippen LogP) is 0.736. The molecule has 0 heterocycles. The van der Waals surface area contributed by atoms with Crippen LogP contribution in [0.1, 0.15) is 32.1 Å². The lowest BCUT2D eigenvalue weighted by Crippen LogP contribution is -2.56. The number of primary amides is 1. The molecule has 0 aromatic carbocycles. The Morgan fingerprint density at radius 3 is 2.94 bits per heavy atom. The SMILES string of the molecule is CNC1(C(N)=O)CCCC1CCSCCCO. The van der Waals surface area contributed by atoms with Gasteiger partial charge in [-0.05, 0) is 50.2 Å². The number of likely N-dealkylation sites (N-methyl/N-ethyl adjacent to an activating group) is 1. The molecule has 0 radical (unpaired) electrons. The van der Waals surface area contributed by atoms with Gasteiger partial charge in [0.05, 0.1) is 0 Å². The van der Waals surface area contributed by atoms with Crippen molar-refractivity contribution in [1.29, 1.82) is 0 Å². The number of hydrogen-bond acceptors (Lipinski definition) is 4. The van der Waals surface area contributed by atoms with Gasteiger partial charge in [0.2, 0.25) is 5.91 Å². The molecular weight excluding hydrogens is 236 g/mol. The van der Waals surface area contributed by atoms with Gasteiger partial charge in [0, 0.05) is 6.61 Å². The monoisotopic (exact) mass is 260 g/mol. The molecule has 1 fully saturated rings. The van der Waals surface area contributed by atoms with E-state index in [0.29, 0.717) is 5.92 Å². The normalized spacial score (nSPS) is 28.5. The minimum absolute atomic E-state index is 0.206. The molecule has 4 N–H and O–H groups in total. The van der Waals surface area contributed by atoms with Gasteiger partial charge in [-0.25, -0.2) is 0 Å². The fourth-order valence-corrected chi connectivity index (χ4v) is 3.73.